The first kappa shape index (κ1) is 10.0. The van der Waals surface area contributed by atoms with Crippen LogP contribution in [0, 0.1) is 0 Å². The predicted octanol–water partition coefficient (Wildman–Crippen LogP) is 2.06. The molecule has 4 heteroatoms. The highest BCUT2D eigenvalue weighted by molar-refractivity contribution is 6.30. The minimum Gasteiger partial charge on any atom is -0.478 e. The second-order valence-electron chi connectivity index (χ2n) is 2.83. The third-order valence-corrected chi connectivity index (χ3v) is 1.97. The van der Waals surface area contributed by atoms with Crippen molar-refractivity contribution in [2.24, 2.45) is 5.73 Å². The number of aromatic carboxylic acids is 1. The van der Waals surface area contributed by atoms with E-state index >= 15 is 0 Å². The van der Waals surface area contributed by atoms with Crippen molar-refractivity contribution >= 4 is 17.6 Å². The van der Waals surface area contributed by atoms with Gasteiger partial charge in [0.2, 0.25) is 0 Å². The molecule has 0 spiro atoms. The molecule has 1 rings (SSSR count). The second-order valence-corrected chi connectivity index (χ2v) is 3.26. The van der Waals surface area contributed by atoms with Crippen LogP contribution in [0.3, 0.4) is 0 Å². The number of carbonyl (C=O) groups is 1. The summed E-state index contributed by atoms with van der Waals surface area (Å²) in [4.78, 5) is 10.8. The van der Waals surface area contributed by atoms with Gasteiger partial charge in [0.1, 0.15) is 0 Å². The fourth-order valence-electron chi connectivity index (χ4n) is 1.11. The molecule has 70 valence electrons. The Morgan fingerprint density at radius 3 is 2.69 bits per heavy atom. The minimum atomic E-state index is -1.00. The number of nitrogens with two attached hydrogens (primary N) is 1. The Balaban J connectivity index is 3.27. The molecule has 0 aromatic heterocycles. The Morgan fingerprint density at radius 2 is 2.23 bits per heavy atom. The molecule has 1 unspecified atom stereocenters. The number of rotatable bonds is 2. The average Bonchev–Trinajstić information content (AvgIpc) is 2.03. The van der Waals surface area contributed by atoms with Gasteiger partial charge in [0.05, 0.1) is 5.56 Å². The molecule has 13 heavy (non-hydrogen) atoms. The van der Waals surface area contributed by atoms with Crippen LogP contribution in [-0.4, -0.2) is 11.1 Å². The summed E-state index contributed by atoms with van der Waals surface area (Å²) in [7, 11) is 0. The van der Waals surface area contributed by atoms with E-state index in [0.29, 0.717) is 10.6 Å². The van der Waals surface area contributed by atoms with E-state index in [4.69, 9.17) is 22.4 Å². The molecular formula is C9H10ClNO2. The van der Waals surface area contributed by atoms with E-state index in [1.165, 1.54) is 6.07 Å². The van der Waals surface area contributed by atoms with Crippen molar-refractivity contribution in [2.75, 3.05) is 0 Å². The first-order valence-electron chi connectivity index (χ1n) is 3.80. The standard InChI is InChI=1S/C9H10ClNO2/c1-5(11)7-3-2-6(10)4-8(7)9(12)13/h2-5H,11H2,1H3,(H,12,13). The van der Waals surface area contributed by atoms with Gasteiger partial charge in [-0.3, -0.25) is 0 Å². The van der Waals surface area contributed by atoms with Gasteiger partial charge in [-0.05, 0) is 24.6 Å². The summed E-state index contributed by atoms with van der Waals surface area (Å²) < 4.78 is 0. The number of halogens is 1. The molecule has 0 aliphatic carbocycles. The van der Waals surface area contributed by atoms with Crippen molar-refractivity contribution in [3.63, 3.8) is 0 Å². The SMILES string of the molecule is CC(N)c1ccc(Cl)cc1C(=O)O. The van der Waals surface area contributed by atoms with Gasteiger partial charge in [-0.25, -0.2) is 4.79 Å². The lowest BCUT2D eigenvalue weighted by Gasteiger charge is -2.09. The second kappa shape index (κ2) is 3.77. The topological polar surface area (TPSA) is 63.3 Å². The van der Waals surface area contributed by atoms with Crippen molar-refractivity contribution in [1.29, 1.82) is 0 Å². The third kappa shape index (κ3) is 2.20. The molecule has 1 atom stereocenters. The monoisotopic (exact) mass is 199 g/mol. The van der Waals surface area contributed by atoms with E-state index in [9.17, 15) is 4.79 Å². The molecule has 0 aliphatic heterocycles. The summed E-state index contributed by atoms with van der Waals surface area (Å²) in [6.07, 6.45) is 0. The van der Waals surface area contributed by atoms with Gasteiger partial charge in [0.15, 0.2) is 0 Å². The highest BCUT2D eigenvalue weighted by Gasteiger charge is 2.12. The van der Waals surface area contributed by atoms with E-state index < -0.39 is 5.97 Å². The molecule has 0 amide bonds. The van der Waals surface area contributed by atoms with Crippen LogP contribution in [-0.2, 0) is 0 Å². The molecular weight excluding hydrogens is 190 g/mol. The lowest BCUT2D eigenvalue weighted by molar-refractivity contribution is 0.0695. The van der Waals surface area contributed by atoms with Gasteiger partial charge in [0, 0.05) is 11.1 Å². The molecule has 0 fully saturated rings. The highest BCUT2D eigenvalue weighted by Crippen LogP contribution is 2.20. The molecule has 0 saturated heterocycles. The number of hydrogen-bond donors (Lipinski definition) is 2. The van der Waals surface area contributed by atoms with Crippen LogP contribution in [0.1, 0.15) is 28.9 Å². The Bertz CT molecular complexity index is 336. The summed E-state index contributed by atoms with van der Waals surface area (Å²) in [5, 5.41) is 9.23. The molecule has 0 radical (unpaired) electrons. The molecule has 0 saturated carbocycles. The normalized spacial score (nSPS) is 12.5. The summed E-state index contributed by atoms with van der Waals surface area (Å²) in [6, 6.07) is 4.37. The number of carboxylic acid groups (broad SMARTS) is 1. The van der Waals surface area contributed by atoms with Gasteiger partial charge in [-0.15, -0.1) is 0 Å². The number of hydrogen-bond acceptors (Lipinski definition) is 2. The molecule has 0 bridgehead atoms. The van der Waals surface area contributed by atoms with E-state index in [0.717, 1.165) is 0 Å². The maximum Gasteiger partial charge on any atom is 0.336 e. The maximum atomic E-state index is 10.8. The fourth-order valence-corrected chi connectivity index (χ4v) is 1.28. The molecule has 0 heterocycles. The summed E-state index contributed by atoms with van der Waals surface area (Å²) in [5.41, 5.74) is 6.36. The number of benzene rings is 1. The van der Waals surface area contributed by atoms with Crippen molar-refractivity contribution in [1.82, 2.24) is 0 Å². The van der Waals surface area contributed by atoms with Gasteiger partial charge < -0.3 is 10.8 Å². The Labute approximate surface area is 81.1 Å². The fraction of sp³-hybridized carbons (Fsp3) is 0.222. The first-order valence-corrected chi connectivity index (χ1v) is 4.18. The highest BCUT2D eigenvalue weighted by atomic mass is 35.5. The quantitative estimate of drug-likeness (QED) is 0.767. The molecule has 0 aliphatic rings. The molecule has 3 nitrogen and oxygen atoms in total. The smallest absolute Gasteiger partial charge is 0.336 e. The van der Waals surface area contributed by atoms with Gasteiger partial charge in [0.25, 0.3) is 0 Å². The van der Waals surface area contributed by atoms with Crippen LogP contribution >= 0.6 is 11.6 Å². The number of carboxylic acids is 1. The van der Waals surface area contributed by atoms with Crippen LogP contribution in [0.15, 0.2) is 18.2 Å². The summed E-state index contributed by atoms with van der Waals surface area (Å²) in [5.74, 6) is -1.00. The van der Waals surface area contributed by atoms with Gasteiger partial charge in [-0.1, -0.05) is 17.7 Å². The van der Waals surface area contributed by atoms with Crippen molar-refractivity contribution in [3.05, 3.63) is 34.3 Å². The predicted molar refractivity (Wildman–Crippen MR) is 51.0 cm³/mol. The maximum absolute atomic E-state index is 10.8. The van der Waals surface area contributed by atoms with Crippen LogP contribution in [0.4, 0.5) is 0 Å². The van der Waals surface area contributed by atoms with E-state index in [2.05, 4.69) is 0 Å². The first-order chi connectivity index (χ1) is 6.02. The molecule has 1 aromatic rings. The van der Waals surface area contributed by atoms with Crippen LogP contribution in [0.5, 0.6) is 0 Å². The van der Waals surface area contributed by atoms with E-state index in [1.54, 1.807) is 19.1 Å². The Kier molecular flexibility index (Phi) is 2.90. The van der Waals surface area contributed by atoms with E-state index in [-0.39, 0.29) is 11.6 Å². The average molecular weight is 200 g/mol. The van der Waals surface area contributed by atoms with Crippen LogP contribution in [0.2, 0.25) is 5.02 Å². The summed E-state index contributed by atoms with van der Waals surface area (Å²) in [6.45, 7) is 1.73. The minimum absolute atomic E-state index is 0.169. The van der Waals surface area contributed by atoms with Crippen LogP contribution in [0.25, 0.3) is 0 Å². The van der Waals surface area contributed by atoms with Crippen LogP contribution < -0.4 is 5.73 Å². The zero-order valence-electron chi connectivity index (χ0n) is 7.12. The molecule has 3 N–H and O–H groups in total. The zero-order chi connectivity index (χ0) is 10.0. The largest absolute Gasteiger partial charge is 0.478 e. The van der Waals surface area contributed by atoms with Crippen molar-refractivity contribution in [2.45, 2.75) is 13.0 Å². The van der Waals surface area contributed by atoms with E-state index in [1.807, 2.05) is 0 Å². The van der Waals surface area contributed by atoms with Crippen molar-refractivity contribution < 1.29 is 9.90 Å². The Morgan fingerprint density at radius 1 is 1.62 bits per heavy atom. The van der Waals surface area contributed by atoms with Crippen molar-refractivity contribution in [3.8, 4) is 0 Å². The van der Waals surface area contributed by atoms with Gasteiger partial charge >= 0.3 is 5.97 Å². The third-order valence-electron chi connectivity index (χ3n) is 1.74. The molecule has 1 aromatic carbocycles. The summed E-state index contributed by atoms with van der Waals surface area (Å²) >= 11 is 5.66. The Hall–Kier alpha value is -1.06. The van der Waals surface area contributed by atoms with Gasteiger partial charge in [-0.2, -0.15) is 0 Å². The zero-order valence-corrected chi connectivity index (χ0v) is 7.88. The lowest BCUT2D eigenvalue weighted by Crippen LogP contribution is -2.11. The lowest BCUT2D eigenvalue weighted by atomic mass is 10.0.